The molecule has 0 aliphatic carbocycles. The van der Waals surface area contributed by atoms with Crippen molar-refractivity contribution < 1.29 is 23.7 Å². The predicted octanol–water partition coefficient (Wildman–Crippen LogP) is 7.64. The normalized spacial score (nSPS) is 12.2. The molecule has 1 atom stereocenters. The Labute approximate surface area is 205 Å². The van der Waals surface area contributed by atoms with Crippen LogP contribution < -0.4 is 0 Å². The van der Waals surface area contributed by atoms with Crippen LogP contribution in [-0.4, -0.2) is 51.7 Å². The second kappa shape index (κ2) is 27.6. The first-order valence-corrected chi connectivity index (χ1v) is 14.1. The second-order valence-electron chi connectivity index (χ2n) is 9.27. The Kier molecular flexibility index (Phi) is 27.0. The van der Waals surface area contributed by atoms with Crippen LogP contribution in [0.25, 0.3) is 0 Å². The molecule has 5 nitrogen and oxygen atoms in total. The molecule has 0 N–H and O–H groups in total. The third-order valence-electron chi connectivity index (χ3n) is 5.85. The molecule has 0 aromatic heterocycles. The zero-order chi connectivity index (χ0) is 24.2. The number of rotatable bonds is 27. The summed E-state index contributed by atoms with van der Waals surface area (Å²) in [5.74, 6) is -0.114. The SMILES string of the molecule is CCCCCCCCCCCCOCCOCCOCCCC(=O)OC(C)CCCCCC. The van der Waals surface area contributed by atoms with Crippen LogP contribution >= 0.6 is 0 Å². The van der Waals surface area contributed by atoms with Crippen molar-refractivity contribution in [1.82, 2.24) is 0 Å². The highest BCUT2D eigenvalue weighted by molar-refractivity contribution is 5.69. The van der Waals surface area contributed by atoms with Crippen molar-refractivity contribution in [1.29, 1.82) is 0 Å². The molecular weight excluding hydrogens is 416 g/mol. The lowest BCUT2D eigenvalue weighted by molar-refractivity contribution is -0.149. The lowest BCUT2D eigenvalue weighted by Crippen LogP contribution is -2.15. The van der Waals surface area contributed by atoms with Gasteiger partial charge in [0, 0.05) is 19.6 Å². The van der Waals surface area contributed by atoms with Gasteiger partial charge < -0.3 is 18.9 Å². The topological polar surface area (TPSA) is 54.0 Å². The molecule has 0 aliphatic rings. The molecule has 0 fully saturated rings. The van der Waals surface area contributed by atoms with Gasteiger partial charge in [0.25, 0.3) is 0 Å². The quantitative estimate of drug-likeness (QED) is 0.0908. The summed E-state index contributed by atoms with van der Waals surface area (Å²) >= 11 is 0. The van der Waals surface area contributed by atoms with E-state index >= 15 is 0 Å². The van der Waals surface area contributed by atoms with Crippen molar-refractivity contribution in [3.63, 3.8) is 0 Å². The molecule has 0 amide bonds. The minimum absolute atomic E-state index is 0.0241. The van der Waals surface area contributed by atoms with Crippen LogP contribution in [-0.2, 0) is 23.7 Å². The number of hydrogen-bond acceptors (Lipinski definition) is 5. The Morgan fingerprint density at radius 3 is 1.52 bits per heavy atom. The van der Waals surface area contributed by atoms with Gasteiger partial charge in [-0.3, -0.25) is 4.79 Å². The van der Waals surface area contributed by atoms with Gasteiger partial charge >= 0.3 is 5.97 Å². The van der Waals surface area contributed by atoms with Crippen molar-refractivity contribution in [2.24, 2.45) is 0 Å². The molecule has 5 heteroatoms. The van der Waals surface area contributed by atoms with Crippen LogP contribution in [0.4, 0.5) is 0 Å². The summed E-state index contributed by atoms with van der Waals surface area (Å²) < 4.78 is 22.1. The van der Waals surface area contributed by atoms with E-state index in [0.29, 0.717) is 45.9 Å². The number of unbranched alkanes of at least 4 members (excludes halogenated alkanes) is 12. The molecule has 0 bridgehead atoms. The fourth-order valence-electron chi connectivity index (χ4n) is 3.75. The van der Waals surface area contributed by atoms with Gasteiger partial charge in [-0.15, -0.1) is 0 Å². The van der Waals surface area contributed by atoms with E-state index in [1.807, 2.05) is 6.92 Å². The Morgan fingerprint density at radius 2 is 0.970 bits per heavy atom. The fourth-order valence-corrected chi connectivity index (χ4v) is 3.75. The average molecular weight is 473 g/mol. The van der Waals surface area contributed by atoms with E-state index in [-0.39, 0.29) is 12.1 Å². The van der Waals surface area contributed by atoms with E-state index in [4.69, 9.17) is 18.9 Å². The maximum Gasteiger partial charge on any atom is 0.306 e. The molecule has 0 aromatic carbocycles. The standard InChI is InChI=1S/C28H56O5/c1-4-6-8-10-11-12-13-14-15-17-21-30-23-25-32-26-24-31-22-18-20-28(29)33-27(3)19-16-9-7-5-2/h27H,4-26H2,1-3H3. The second-order valence-corrected chi connectivity index (χ2v) is 9.27. The highest BCUT2D eigenvalue weighted by Crippen LogP contribution is 2.11. The summed E-state index contributed by atoms with van der Waals surface area (Å²) in [7, 11) is 0. The summed E-state index contributed by atoms with van der Waals surface area (Å²) in [5.41, 5.74) is 0. The number of hydrogen-bond donors (Lipinski definition) is 0. The van der Waals surface area contributed by atoms with E-state index in [1.54, 1.807) is 0 Å². The summed E-state index contributed by atoms with van der Waals surface area (Å²) in [4.78, 5) is 11.8. The lowest BCUT2D eigenvalue weighted by atomic mass is 10.1. The Hall–Kier alpha value is -0.650. The molecule has 1 unspecified atom stereocenters. The van der Waals surface area contributed by atoms with Crippen molar-refractivity contribution >= 4 is 5.97 Å². The van der Waals surface area contributed by atoms with Crippen molar-refractivity contribution in [2.45, 2.75) is 136 Å². The first-order valence-electron chi connectivity index (χ1n) is 14.1. The highest BCUT2D eigenvalue weighted by Gasteiger charge is 2.09. The third kappa shape index (κ3) is 27.5. The van der Waals surface area contributed by atoms with Crippen LogP contribution in [0.3, 0.4) is 0 Å². The molecule has 0 saturated carbocycles. The van der Waals surface area contributed by atoms with Crippen LogP contribution in [0, 0.1) is 0 Å². The molecular formula is C28H56O5. The summed E-state index contributed by atoms with van der Waals surface area (Å²) in [5, 5.41) is 0. The maximum atomic E-state index is 11.8. The van der Waals surface area contributed by atoms with Gasteiger partial charge in [-0.2, -0.15) is 0 Å². The van der Waals surface area contributed by atoms with Crippen LogP contribution in [0.2, 0.25) is 0 Å². The number of ether oxygens (including phenoxy) is 4. The van der Waals surface area contributed by atoms with E-state index < -0.39 is 0 Å². The molecule has 0 spiro atoms. The molecule has 0 rings (SSSR count). The Morgan fingerprint density at radius 1 is 0.545 bits per heavy atom. The highest BCUT2D eigenvalue weighted by atomic mass is 16.5. The monoisotopic (exact) mass is 472 g/mol. The van der Waals surface area contributed by atoms with Gasteiger partial charge in [0.05, 0.1) is 32.5 Å². The predicted molar refractivity (Wildman–Crippen MR) is 138 cm³/mol. The average Bonchev–Trinajstić information content (AvgIpc) is 2.80. The van der Waals surface area contributed by atoms with Gasteiger partial charge in [0.2, 0.25) is 0 Å². The minimum atomic E-state index is -0.114. The number of esters is 1. The van der Waals surface area contributed by atoms with Gasteiger partial charge in [0.1, 0.15) is 0 Å². The molecule has 0 heterocycles. The van der Waals surface area contributed by atoms with Gasteiger partial charge in [-0.05, 0) is 32.6 Å². The van der Waals surface area contributed by atoms with Crippen molar-refractivity contribution in [3.05, 3.63) is 0 Å². The van der Waals surface area contributed by atoms with E-state index in [9.17, 15) is 4.79 Å². The zero-order valence-electron chi connectivity index (χ0n) is 22.4. The molecule has 0 aliphatic heterocycles. The van der Waals surface area contributed by atoms with E-state index in [2.05, 4.69) is 13.8 Å². The third-order valence-corrected chi connectivity index (χ3v) is 5.85. The van der Waals surface area contributed by atoms with Crippen molar-refractivity contribution in [3.8, 4) is 0 Å². The Bertz CT molecular complexity index is 388. The van der Waals surface area contributed by atoms with Gasteiger partial charge in [0.15, 0.2) is 0 Å². The summed E-state index contributed by atoms with van der Waals surface area (Å²) in [6, 6.07) is 0. The lowest BCUT2D eigenvalue weighted by Gasteiger charge is -2.13. The number of carbonyl (C=O) groups excluding carboxylic acids is 1. The zero-order valence-corrected chi connectivity index (χ0v) is 22.4. The van der Waals surface area contributed by atoms with Crippen LogP contribution in [0.15, 0.2) is 0 Å². The van der Waals surface area contributed by atoms with Crippen molar-refractivity contribution in [2.75, 3.05) is 39.6 Å². The van der Waals surface area contributed by atoms with E-state index in [1.165, 1.54) is 77.0 Å². The van der Waals surface area contributed by atoms with Crippen LogP contribution in [0.1, 0.15) is 130 Å². The van der Waals surface area contributed by atoms with E-state index in [0.717, 1.165) is 25.9 Å². The fraction of sp³-hybridized carbons (Fsp3) is 0.964. The number of carbonyl (C=O) groups is 1. The van der Waals surface area contributed by atoms with Gasteiger partial charge in [-0.1, -0.05) is 90.9 Å². The smallest absolute Gasteiger partial charge is 0.306 e. The van der Waals surface area contributed by atoms with Crippen LogP contribution in [0.5, 0.6) is 0 Å². The summed E-state index contributed by atoms with van der Waals surface area (Å²) in [6.45, 7) is 10.3. The molecule has 0 aromatic rings. The minimum Gasteiger partial charge on any atom is -0.463 e. The maximum absolute atomic E-state index is 11.8. The molecule has 0 saturated heterocycles. The summed E-state index contributed by atoms with van der Waals surface area (Å²) in [6.07, 6.45) is 20.4. The molecule has 198 valence electrons. The first-order chi connectivity index (χ1) is 16.2. The van der Waals surface area contributed by atoms with Gasteiger partial charge in [-0.25, -0.2) is 0 Å². The largest absolute Gasteiger partial charge is 0.463 e. The molecule has 33 heavy (non-hydrogen) atoms. The molecule has 0 radical (unpaired) electrons. The first kappa shape index (κ1) is 32.4. The Balaban J connectivity index is 3.18.